The second-order valence-corrected chi connectivity index (χ2v) is 6.85. The number of Topliss-reactive ketones (excluding diaryl/α,β-unsaturated/α-hetero) is 1. The van der Waals surface area contributed by atoms with E-state index in [1.807, 2.05) is 65.0 Å². The van der Waals surface area contributed by atoms with Crippen molar-refractivity contribution >= 4 is 11.7 Å². The summed E-state index contributed by atoms with van der Waals surface area (Å²) in [6.45, 7) is 9.36. The van der Waals surface area contributed by atoms with Crippen molar-refractivity contribution in [1.82, 2.24) is 5.32 Å². The van der Waals surface area contributed by atoms with Crippen molar-refractivity contribution < 1.29 is 9.59 Å². The molecule has 0 saturated heterocycles. The number of amides is 1. The van der Waals surface area contributed by atoms with Crippen LogP contribution in [-0.2, 0) is 16.0 Å². The van der Waals surface area contributed by atoms with E-state index >= 15 is 0 Å². The van der Waals surface area contributed by atoms with Crippen molar-refractivity contribution in [3.05, 3.63) is 35.9 Å². The summed E-state index contributed by atoms with van der Waals surface area (Å²) in [5.41, 5.74) is 0.731. The number of hydrogen-bond donors (Lipinski definition) is 1. The van der Waals surface area contributed by atoms with Crippen LogP contribution in [0.25, 0.3) is 0 Å². The summed E-state index contributed by atoms with van der Waals surface area (Å²) in [5.74, 6) is -0.0879. The molecule has 1 N–H and O–H groups in total. The van der Waals surface area contributed by atoms with E-state index < -0.39 is 11.5 Å². The second kappa shape index (κ2) is 7.39. The van der Waals surface area contributed by atoms with Gasteiger partial charge in [0, 0.05) is 11.3 Å². The van der Waals surface area contributed by atoms with Gasteiger partial charge in [0.25, 0.3) is 0 Å². The molecule has 3 heteroatoms. The van der Waals surface area contributed by atoms with Gasteiger partial charge in [-0.05, 0) is 18.4 Å². The Kier molecular flexibility index (Phi) is 6.13. The molecule has 0 unspecified atom stereocenters. The molecule has 0 bridgehead atoms. The zero-order chi connectivity index (χ0) is 16.0. The van der Waals surface area contributed by atoms with E-state index in [-0.39, 0.29) is 17.6 Å². The molecule has 0 heterocycles. The second-order valence-electron chi connectivity index (χ2n) is 6.85. The number of aryl methyl sites for hydroxylation is 1. The zero-order valence-corrected chi connectivity index (χ0v) is 13.8. The highest BCUT2D eigenvalue weighted by Crippen LogP contribution is 2.19. The lowest BCUT2D eigenvalue weighted by atomic mass is 9.84. The summed E-state index contributed by atoms with van der Waals surface area (Å²) in [5, 5.41) is 2.90. The van der Waals surface area contributed by atoms with Gasteiger partial charge in [-0.15, -0.1) is 0 Å². The molecule has 116 valence electrons. The molecule has 1 aromatic rings. The number of carbonyl (C=O) groups excluding carboxylic acids is 2. The molecule has 0 radical (unpaired) electrons. The van der Waals surface area contributed by atoms with Crippen LogP contribution in [-0.4, -0.2) is 17.7 Å². The Labute approximate surface area is 128 Å². The van der Waals surface area contributed by atoms with E-state index in [1.54, 1.807) is 0 Å². The van der Waals surface area contributed by atoms with Gasteiger partial charge in [0.05, 0.1) is 6.04 Å². The lowest BCUT2D eigenvalue weighted by molar-refractivity contribution is -0.133. The van der Waals surface area contributed by atoms with Crippen LogP contribution in [0.3, 0.4) is 0 Å². The maximum Gasteiger partial charge on any atom is 0.223 e. The highest BCUT2D eigenvalue weighted by atomic mass is 16.2. The zero-order valence-electron chi connectivity index (χ0n) is 13.8. The Morgan fingerprint density at radius 3 is 2.14 bits per heavy atom. The fourth-order valence-electron chi connectivity index (χ4n) is 2.09. The molecule has 0 saturated carbocycles. The monoisotopic (exact) mass is 289 g/mol. The molecule has 3 nitrogen and oxygen atoms in total. The minimum atomic E-state index is -0.453. The van der Waals surface area contributed by atoms with Crippen molar-refractivity contribution in [2.24, 2.45) is 11.3 Å². The molecule has 1 rings (SSSR count). The molecule has 0 aliphatic heterocycles. The summed E-state index contributed by atoms with van der Waals surface area (Å²) in [4.78, 5) is 24.5. The molecule has 1 amide bonds. The van der Waals surface area contributed by atoms with Crippen LogP contribution in [0.4, 0.5) is 0 Å². The quantitative estimate of drug-likeness (QED) is 0.872. The third-order valence-electron chi connectivity index (χ3n) is 3.46. The topological polar surface area (TPSA) is 46.2 Å². The van der Waals surface area contributed by atoms with Crippen LogP contribution in [0, 0.1) is 11.3 Å². The van der Waals surface area contributed by atoms with Crippen molar-refractivity contribution in [2.75, 3.05) is 0 Å². The first-order valence-corrected chi connectivity index (χ1v) is 7.60. The number of hydrogen-bond acceptors (Lipinski definition) is 2. The number of benzene rings is 1. The van der Waals surface area contributed by atoms with Gasteiger partial charge in [-0.3, -0.25) is 9.59 Å². The van der Waals surface area contributed by atoms with Crippen LogP contribution >= 0.6 is 0 Å². The summed E-state index contributed by atoms with van der Waals surface area (Å²) in [6.07, 6.45) is 1.42. The summed E-state index contributed by atoms with van der Waals surface area (Å²) < 4.78 is 0. The van der Waals surface area contributed by atoms with Gasteiger partial charge in [-0.25, -0.2) is 0 Å². The molecular weight excluding hydrogens is 262 g/mol. The predicted octanol–water partition coefficient (Wildman–Crippen LogP) is 3.38. The Balaban J connectivity index is 2.77. The van der Waals surface area contributed by atoms with E-state index in [4.69, 9.17) is 0 Å². The Hall–Kier alpha value is -1.64. The molecular formula is C18H27NO2. The maximum atomic E-state index is 12.5. The number of carbonyl (C=O) groups is 2. The van der Waals surface area contributed by atoms with Crippen molar-refractivity contribution in [3.8, 4) is 0 Å². The van der Waals surface area contributed by atoms with Gasteiger partial charge < -0.3 is 5.32 Å². The first-order valence-electron chi connectivity index (χ1n) is 7.60. The van der Waals surface area contributed by atoms with E-state index in [2.05, 4.69) is 5.32 Å². The Morgan fingerprint density at radius 1 is 1.10 bits per heavy atom. The van der Waals surface area contributed by atoms with Gasteiger partial charge in [0.2, 0.25) is 5.91 Å². The van der Waals surface area contributed by atoms with Gasteiger partial charge >= 0.3 is 0 Å². The van der Waals surface area contributed by atoms with E-state index in [0.717, 1.165) is 6.42 Å². The smallest absolute Gasteiger partial charge is 0.223 e. The molecule has 0 aliphatic rings. The Bertz CT molecular complexity index is 472. The number of ketones is 1. The molecule has 0 spiro atoms. The van der Waals surface area contributed by atoms with Crippen molar-refractivity contribution in [1.29, 1.82) is 0 Å². The molecule has 1 atom stereocenters. The standard InChI is InChI=1S/C18H27NO2/c1-13(2)17(21)19-15(16(20)18(3,4)5)12-11-14-9-7-6-8-10-14/h6-10,13,15H,11-12H2,1-5H3,(H,19,21)/t15-/m1/s1. The highest BCUT2D eigenvalue weighted by molar-refractivity contribution is 5.92. The van der Waals surface area contributed by atoms with Gasteiger partial charge in [-0.2, -0.15) is 0 Å². The summed E-state index contributed by atoms with van der Waals surface area (Å²) in [7, 11) is 0. The third-order valence-corrected chi connectivity index (χ3v) is 3.46. The van der Waals surface area contributed by atoms with E-state index in [0.29, 0.717) is 6.42 Å². The molecule has 1 aromatic carbocycles. The average Bonchev–Trinajstić information content (AvgIpc) is 2.42. The van der Waals surface area contributed by atoms with Crippen LogP contribution < -0.4 is 5.32 Å². The normalized spacial score (nSPS) is 13.0. The van der Waals surface area contributed by atoms with Crippen molar-refractivity contribution in [3.63, 3.8) is 0 Å². The predicted molar refractivity (Wildman–Crippen MR) is 86.0 cm³/mol. The largest absolute Gasteiger partial charge is 0.346 e. The fourth-order valence-corrected chi connectivity index (χ4v) is 2.09. The minimum Gasteiger partial charge on any atom is -0.346 e. The van der Waals surface area contributed by atoms with Crippen LogP contribution in [0.15, 0.2) is 30.3 Å². The first-order chi connectivity index (χ1) is 9.71. The maximum absolute atomic E-state index is 12.5. The average molecular weight is 289 g/mol. The van der Waals surface area contributed by atoms with E-state index in [9.17, 15) is 9.59 Å². The molecule has 0 aliphatic carbocycles. The van der Waals surface area contributed by atoms with Crippen LogP contribution in [0.5, 0.6) is 0 Å². The minimum absolute atomic E-state index is 0.0642. The van der Waals surface area contributed by atoms with Crippen molar-refractivity contribution in [2.45, 2.75) is 53.5 Å². The molecule has 0 aromatic heterocycles. The lowest BCUT2D eigenvalue weighted by Gasteiger charge is -2.26. The molecule has 21 heavy (non-hydrogen) atoms. The van der Waals surface area contributed by atoms with Gasteiger partial charge in [-0.1, -0.05) is 65.0 Å². The summed E-state index contributed by atoms with van der Waals surface area (Å²) >= 11 is 0. The van der Waals surface area contributed by atoms with Gasteiger partial charge in [0.1, 0.15) is 0 Å². The molecule has 0 fully saturated rings. The number of rotatable bonds is 6. The third kappa shape index (κ3) is 5.70. The summed E-state index contributed by atoms with van der Waals surface area (Å²) in [6, 6.07) is 9.62. The first kappa shape index (κ1) is 17.4. The SMILES string of the molecule is CC(C)C(=O)N[C@H](CCc1ccccc1)C(=O)C(C)(C)C. The fraction of sp³-hybridized carbons (Fsp3) is 0.556. The Morgan fingerprint density at radius 2 is 1.67 bits per heavy atom. The van der Waals surface area contributed by atoms with E-state index in [1.165, 1.54) is 5.56 Å². The van der Waals surface area contributed by atoms with Crippen LogP contribution in [0.1, 0.15) is 46.6 Å². The van der Waals surface area contributed by atoms with Crippen LogP contribution in [0.2, 0.25) is 0 Å². The van der Waals surface area contributed by atoms with Gasteiger partial charge in [0.15, 0.2) is 5.78 Å². The highest BCUT2D eigenvalue weighted by Gasteiger charge is 2.30. The lowest BCUT2D eigenvalue weighted by Crippen LogP contribution is -2.47. The number of nitrogens with one attached hydrogen (secondary N) is 1.